The number of rotatable bonds is 10. The summed E-state index contributed by atoms with van der Waals surface area (Å²) >= 11 is 6.41. The summed E-state index contributed by atoms with van der Waals surface area (Å²) in [6.45, 7) is 5.01. The molecule has 2 aliphatic rings. The first-order valence-electron chi connectivity index (χ1n) is 15.6. The van der Waals surface area contributed by atoms with E-state index in [1.165, 1.54) is 24.4 Å². The van der Waals surface area contributed by atoms with Crippen molar-refractivity contribution in [1.29, 1.82) is 0 Å². The molecule has 6 rings (SSSR count). The topological polar surface area (TPSA) is 169 Å². The molecule has 1 fully saturated rings. The minimum atomic E-state index is -4.71. The summed E-state index contributed by atoms with van der Waals surface area (Å²) in [6, 6.07) is 9.67. The molecule has 19 heteroatoms. The van der Waals surface area contributed by atoms with Crippen molar-refractivity contribution < 1.29 is 36.3 Å². The average molecular weight is 735 g/mol. The quantitative estimate of drug-likeness (QED) is 0.167. The van der Waals surface area contributed by atoms with Gasteiger partial charge in [0.2, 0.25) is 0 Å². The number of carbonyl (C=O) groups excluding carboxylic acids is 2. The molecule has 1 unspecified atom stereocenters. The number of halogens is 6. The molecule has 2 aromatic heterocycles. The molecule has 2 aromatic carbocycles. The van der Waals surface area contributed by atoms with E-state index < -0.39 is 59.6 Å². The number of amides is 2. The Morgan fingerprint density at radius 3 is 2.43 bits per heavy atom. The Morgan fingerprint density at radius 1 is 1.14 bits per heavy atom. The van der Waals surface area contributed by atoms with Crippen molar-refractivity contribution in [2.24, 2.45) is 16.1 Å². The molecule has 13 nitrogen and oxygen atoms in total. The fourth-order valence-corrected chi connectivity index (χ4v) is 6.32. The number of aromatic nitrogens is 6. The molecule has 2 atom stereocenters. The highest BCUT2D eigenvalue weighted by molar-refractivity contribution is 6.32. The minimum absolute atomic E-state index is 0.0203. The van der Waals surface area contributed by atoms with E-state index in [0.29, 0.717) is 16.8 Å². The van der Waals surface area contributed by atoms with Gasteiger partial charge >= 0.3 is 12.3 Å². The van der Waals surface area contributed by atoms with E-state index in [1.54, 1.807) is 24.3 Å². The number of hydrogen-bond donors (Lipinski definition) is 3. The number of benzene rings is 2. The fourth-order valence-electron chi connectivity index (χ4n) is 6.13. The molecule has 270 valence electrons. The third kappa shape index (κ3) is 6.83. The lowest BCUT2D eigenvalue weighted by atomic mass is 9.75. The first-order valence-corrected chi connectivity index (χ1v) is 16.0. The van der Waals surface area contributed by atoms with Crippen LogP contribution in [-0.4, -0.2) is 71.4 Å². The van der Waals surface area contributed by atoms with Gasteiger partial charge in [-0.3, -0.25) is 9.69 Å². The molecular formula is C32H32ClF5N10O3. The number of ether oxygens (including phenoxy) is 1. The van der Waals surface area contributed by atoms with Crippen molar-refractivity contribution in [2.45, 2.75) is 69.8 Å². The average Bonchev–Trinajstić information content (AvgIpc) is 3.38. The number of hydrogen-bond acceptors (Lipinski definition) is 9. The zero-order chi connectivity index (χ0) is 36.9. The minimum Gasteiger partial charge on any atom is -0.447 e. The summed E-state index contributed by atoms with van der Waals surface area (Å²) in [5.41, 5.74) is 3.84. The summed E-state index contributed by atoms with van der Waals surface area (Å²) < 4.78 is 74.6. The Balaban J connectivity index is 1.41. The van der Waals surface area contributed by atoms with Crippen LogP contribution in [0.25, 0.3) is 16.9 Å². The standard InChI is InChI=1S/C32H32ClF5N10O3/c1-29(2,3)15-31(19-7-4-17(5-8-19)21-13-41-46-45-21)26(49)47(27(39)43-31)23(14-51-28(50)44-30(10-11-30)32(36,37)38)18-6-9-20(33)22(12-18)48-25(24(34)35)40-16-42-48/h4-9,12-13,16,23-24H,10-11,14-15H2,1-3H3,(H2,39,43)(H,44,50)(H,41,45,46)/t23?,31-/m1/s1. The van der Waals surface area contributed by atoms with Gasteiger partial charge in [-0.2, -0.15) is 33.7 Å². The number of nitrogens with one attached hydrogen (secondary N) is 2. The Kier molecular flexibility index (Phi) is 9.02. The molecule has 0 saturated heterocycles. The summed E-state index contributed by atoms with van der Waals surface area (Å²) in [7, 11) is 0. The maximum atomic E-state index is 14.8. The number of aliphatic imine (C=N–C) groups is 1. The number of carbonyl (C=O) groups is 2. The lowest BCUT2D eigenvalue weighted by Crippen LogP contribution is -2.50. The van der Waals surface area contributed by atoms with Gasteiger partial charge in [0.25, 0.3) is 12.3 Å². The maximum absolute atomic E-state index is 14.8. The SMILES string of the molecule is CC(C)(C)C[C@]1(c2ccc(-c3cn[nH]n3)cc2)N=C(N)N(C(COC(=O)NC2(C(F)(F)F)CC2)c2ccc(Cl)c(-n3ncnc3C(F)F)c2)C1=O. The number of aromatic amines is 1. The van der Waals surface area contributed by atoms with Crippen molar-refractivity contribution in [3.8, 4) is 16.9 Å². The Labute approximate surface area is 292 Å². The molecule has 51 heavy (non-hydrogen) atoms. The molecule has 0 spiro atoms. The lowest BCUT2D eigenvalue weighted by molar-refractivity contribution is -0.164. The van der Waals surface area contributed by atoms with Gasteiger partial charge in [0.15, 0.2) is 17.3 Å². The molecule has 4 aromatic rings. The van der Waals surface area contributed by atoms with Gasteiger partial charge in [0.1, 0.15) is 24.2 Å². The third-order valence-corrected chi connectivity index (χ3v) is 8.97. The normalized spacial score (nSPS) is 19.3. The highest BCUT2D eigenvalue weighted by atomic mass is 35.5. The molecule has 4 N–H and O–H groups in total. The Bertz CT molecular complexity index is 1960. The molecule has 0 radical (unpaired) electrons. The smallest absolute Gasteiger partial charge is 0.411 e. The van der Waals surface area contributed by atoms with E-state index in [9.17, 15) is 31.5 Å². The van der Waals surface area contributed by atoms with Gasteiger partial charge in [-0.15, -0.1) is 0 Å². The number of alkyl carbamates (subject to hydrolysis) is 1. The van der Waals surface area contributed by atoms with Gasteiger partial charge < -0.3 is 15.8 Å². The van der Waals surface area contributed by atoms with E-state index in [4.69, 9.17) is 27.1 Å². The van der Waals surface area contributed by atoms with Gasteiger partial charge in [-0.25, -0.2) is 28.2 Å². The second kappa shape index (κ2) is 12.9. The van der Waals surface area contributed by atoms with Crippen LogP contribution in [0, 0.1) is 5.41 Å². The highest BCUT2D eigenvalue weighted by Crippen LogP contribution is 2.49. The first kappa shape index (κ1) is 35.7. The van der Waals surface area contributed by atoms with Gasteiger partial charge in [0.05, 0.1) is 22.9 Å². The van der Waals surface area contributed by atoms with E-state index in [0.717, 1.165) is 15.9 Å². The van der Waals surface area contributed by atoms with Crippen LogP contribution in [0.5, 0.6) is 0 Å². The molecule has 2 amide bonds. The summed E-state index contributed by atoms with van der Waals surface area (Å²) in [5.74, 6) is -1.63. The van der Waals surface area contributed by atoms with Crippen LogP contribution in [0.15, 0.2) is 60.0 Å². The van der Waals surface area contributed by atoms with Crippen LogP contribution < -0.4 is 11.1 Å². The fraction of sp³-hybridized carbons (Fsp3) is 0.406. The van der Waals surface area contributed by atoms with Crippen molar-refractivity contribution in [3.05, 3.63) is 77.0 Å². The molecule has 3 heterocycles. The molecule has 1 aliphatic heterocycles. The van der Waals surface area contributed by atoms with Crippen molar-refractivity contribution in [3.63, 3.8) is 0 Å². The third-order valence-electron chi connectivity index (χ3n) is 8.65. The van der Waals surface area contributed by atoms with Crippen molar-refractivity contribution >= 4 is 29.6 Å². The van der Waals surface area contributed by atoms with Gasteiger partial charge in [-0.05, 0) is 47.9 Å². The maximum Gasteiger partial charge on any atom is 0.411 e. The Morgan fingerprint density at radius 2 is 1.84 bits per heavy atom. The van der Waals surface area contributed by atoms with E-state index in [2.05, 4.69) is 25.5 Å². The van der Waals surface area contributed by atoms with Crippen LogP contribution in [0.2, 0.25) is 5.02 Å². The van der Waals surface area contributed by atoms with Gasteiger partial charge in [-0.1, -0.05) is 62.7 Å². The highest BCUT2D eigenvalue weighted by Gasteiger charge is 2.64. The summed E-state index contributed by atoms with van der Waals surface area (Å²) in [6.07, 6.45) is -7.18. The first-order chi connectivity index (χ1) is 23.9. The number of guanidine groups is 1. The van der Waals surface area contributed by atoms with Crippen LogP contribution in [-0.2, 0) is 15.1 Å². The summed E-state index contributed by atoms with van der Waals surface area (Å²) in [4.78, 5) is 37.0. The Hall–Kier alpha value is -5.13. The number of nitrogens with zero attached hydrogens (tertiary/aromatic N) is 7. The van der Waals surface area contributed by atoms with Crippen molar-refractivity contribution in [2.75, 3.05) is 6.61 Å². The monoisotopic (exact) mass is 734 g/mol. The predicted molar refractivity (Wildman–Crippen MR) is 173 cm³/mol. The zero-order valence-corrected chi connectivity index (χ0v) is 28.1. The number of nitrogens with two attached hydrogens (primary N) is 1. The zero-order valence-electron chi connectivity index (χ0n) is 27.4. The molecule has 1 saturated carbocycles. The predicted octanol–water partition coefficient (Wildman–Crippen LogP) is 5.99. The van der Waals surface area contributed by atoms with Crippen LogP contribution in [0.4, 0.5) is 26.7 Å². The lowest BCUT2D eigenvalue weighted by Gasteiger charge is -2.35. The van der Waals surface area contributed by atoms with Crippen molar-refractivity contribution in [1.82, 2.24) is 40.4 Å². The molecular weight excluding hydrogens is 703 g/mol. The van der Waals surface area contributed by atoms with Crippen LogP contribution >= 0.6 is 11.6 Å². The summed E-state index contributed by atoms with van der Waals surface area (Å²) in [5, 5.41) is 16.2. The van der Waals surface area contributed by atoms with Crippen LogP contribution in [0.1, 0.15) is 69.5 Å². The molecule has 0 bridgehead atoms. The number of alkyl halides is 5. The van der Waals surface area contributed by atoms with E-state index in [1.807, 2.05) is 26.1 Å². The van der Waals surface area contributed by atoms with E-state index >= 15 is 0 Å². The van der Waals surface area contributed by atoms with Gasteiger partial charge in [0, 0.05) is 5.56 Å². The second-order valence-corrected chi connectivity index (χ2v) is 13.9. The number of H-pyrrole nitrogens is 1. The van der Waals surface area contributed by atoms with Crippen LogP contribution in [0.3, 0.4) is 0 Å². The van der Waals surface area contributed by atoms with E-state index in [-0.39, 0.29) is 41.5 Å². The second-order valence-electron chi connectivity index (χ2n) is 13.5. The molecule has 1 aliphatic carbocycles. The largest absolute Gasteiger partial charge is 0.447 e.